The van der Waals surface area contributed by atoms with E-state index in [-0.39, 0.29) is 17.5 Å². The lowest BCUT2D eigenvalue weighted by molar-refractivity contribution is -0.384. The molecule has 5 nitrogen and oxygen atoms in total. The van der Waals surface area contributed by atoms with Gasteiger partial charge in [-0.05, 0) is 31.0 Å². The predicted molar refractivity (Wildman–Crippen MR) is 81.2 cm³/mol. The maximum Gasteiger partial charge on any atom is 0.269 e. The molecule has 110 valence electrons. The van der Waals surface area contributed by atoms with Gasteiger partial charge in [0.15, 0.2) is 0 Å². The standard InChI is InChI=1S/C16H18N2O3/c1-11-6-7-15(16(19)8-11)12(2)17-10-13-4-3-5-14(9-13)18(20)21/h3-9,12,17,19H,10H2,1-2H3. The van der Waals surface area contributed by atoms with E-state index < -0.39 is 4.92 Å². The summed E-state index contributed by atoms with van der Waals surface area (Å²) in [5.74, 6) is 0.258. The van der Waals surface area contributed by atoms with Gasteiger partial charge in [-0.2, -0.15) is 0 Å². The highest BCUT2D eigenvalue weighted by Crippen LogP contribution is 2.25. The Morgan fingerprint density at radius 2 is 2.05 bits per heavy atom. The molecule has 2 N–H and O–H groups in total. The predicted octanol–water partition coefficient (Wildman–Crippen LogP) is 3.46. The normalized spacial score (nSPS) is 12.1. The van der Waals surface area contributed by atoms with Gasteiger partial charge in [-0.25, -0.2) is 0 Å². The van der Waals surface area contributed by atoms with Gasteiger partial charge in [-0.1, -0.05) is 24.3 Å². The van der Waals surface area contributed by atoms with E-state index in [2.05, 4.69) is 5.32 Å². The number of hydrogen-bond acceptors (Lipinski definition) is 4. The fourth-order valence-corrected chi connectivity index (χ4v) is 2.18. The Morgan fingerprint density at radius 1 is 1.29 bits per heavy atom. The summed E-state index contributed by atoms with van der Waals surface area (Å²) in [5, 5.41) is 23.9. The third-order valence-corrected chi connectivity index (χ3v) is 3.39. The number of nitro groups is 1. The van der Waals surface area contributed by atoms with Crippen molar-refractivity contribution in [2.75, 3.05) is 0 Å². The maximum atomic E-state index is 10.7. The van der Waals surface area contributed by atoms with Crippen LogP contribution in [0.4, 0.5) is 5.69 Å². The minimum absolute atomic E-state index is 0.0511. The molecule has 0 aliphatic carbocycles. The average molecular weight is 286 g/mol. The monoisotopic (exact) mass is 286 g/mol. The van der Waals surface area contributed by atoms with E-state index in [1.54, 1.807) is 18.2 Å². The SMILES string of the molecule is Cc1ccc(C(C)NCc2cccc([N+](=O)[O-])c2)c(O)c1. The van der Waals surface area contributed by atoms with E-state index in [1.807, 2.05) is 32.0 Å². The van der Waals surface area contributed by atoms with Crippen LogP contribution in [0.5, 0.6) is 5.75 Å². The number of rotatable bonds is 5. The van der Waals surface area contributed by atoms with Crippen LogP contribution in [0.1, 0.15) is 29.7 Å². The number of nitrogens with zero attached hydrogens (tertiary/aromatic N) is 1. The second-order valence-corrected chi connectivity index (χ2v) is 5.09. The largest absolute Gasteiger partial charge is 0.508 e. The molecule has 2 aromatic rings. The molecule has 2 rings (SSSR count). The van der Waals surface area contributed by atoms with Crippen molar-refractivity contribution in [1.82, 2.24) is 5.32 Å². The van der Waals surface area contributed by atoms with Crippen molar-refractivity contribution in [3.8, 4) is 5.75 Å². The zero-order chi connectivity index (χ0) is 15.4. The van der Waals surface area contributed by atoms with Gasteiger partial charge in [0, 0.05) is 30.3 Å². The highest BCUT2D eigenvalue weighted by atomic mass is 16.6. The summed E-state index contributed by atoms with van der Waals surface area (Å²) in [6.45, 7) is 4.36. The minimum Gasteiger partial charge on any atom is -0.508 e. The number of nitrogens with one attached hydrogen (secondary N) is 1. The topological polar surface area (TPSA) is 75.4 Å². The van der Waals surface area contributed by atoms with Crippen molar-refractivity contribution in [3.63, 3.8) is 0 Å². The fraction of sp³-hybridized carbons (Fsp3) is 0.250. The molecule has 0 saturated carbocycles. The molecule has 0 fully saturated rings. The molecule has 0 radical (unpaired) electrons. The molecule has 0 aromatic heterocycles. The zero-order valence-corrected chi connectivity index (χ0v) is 12.0. The molecule has 1 atom stereocenters. The second-order valence-electron chi connectivity index (χ2n) is 5.09. The van der Waals surface area contributed by atoms with Gasteiger partial charge < -0.3 is 10.4 Å². The number of non-ortho nitro benzene ring substituents is 1. The van der Waals surface area contributed by atoms with Crippen LogP contribution < -0.4 is 5.32 Å². The lowest BCUT2D eigenvalue weighted by Gasteiger charge is -2.16. The number of phenolic OH excluding ortho intramolecular Hbond substituents is 1. The molecular formula is C16H18N2O3. The van der Waals surface area contributed by atoms with Crippen LogP contribution >= 0.6 is 0 Å². The fourth-order valence-electron chi connectivity index (χ4n) is 2.18. The lowest BCUT2D eigenvalue weighted by atomic mass is 10.0. The van der Waals surface area contributed by atoms with Crippen molar-refractivity contribution in [1.29, 1.82) is 0 Å². The van der Waals surface area contributed by atoms with E-state index in [0.717, 1.165) is 16.7 Å². The number of phenols is 1. The average Bonchev–Trinajstić information content (AvgIpc) is 2.45. The van der Waals surface area contributed by atoms with Gasteiger partial charge in [0.25, 0.3) is 5.69 Å². The smallest absolute Gasteiger partial charge is 0.269 e. The molecule has 0 aliphatic rings. The van der Waals surface area contributed by atoms with Gasteiger partial charge >= 0.3 is 0 Å². The van der Waals surface area contributed by atoms with E-state index in [0.29, 0.717) is 6.54 Å². The molecule has 0 saturated heterocycles. The van der Waals surface area contributed by atoms with Crippen molar-refractivity contribution >= 4 is 5.69 Å². The first kappa shape index (κ1) is 15.0. The van der Waals surface area contributed by atoms with E-state index in [4.69, 9.17) is 0 Å². The van der Waals surface area contributed by atoms with Gasteiger partial charge in [0.05, 0.1) is 4.92 Å². The summed E-state index contributed by atoms with van der Waals surface area (Å²) >= 11 is 0. The lowest BCUT2D eigenvalue weighted by Crippen LogP contribution is -2.18. The zero-order valence-electron chi connectivity index (χ0n) is 12.0. The highest BCUT2D eigenvalue weighted by Gasteiger charge is 2.11. The summed E-state index contributed by atoms with van der Waals surface area (Å²) in [5.41, 5.74) is 2.73. The second kappa shape index (κ2) is 6.37. The van der Waals surface area contributed by atoms with Crippen molar-refractivity contribution < 1.29 is 10.0 Å². The first-order valence-electron chi connectivity index (χ1n) is 6.73. The third kappa shape index (κ3) is 3.79. The van der Waals surface area contributed by atoms with Gasteiger partial charge in [0.2, 0.25) is 0 Å². The molecule has 5 heteroatoms. The van der Waals surface area contributed by atoms with Gasteiger partial charge in [-0.3, -0.25) is 10.1 Å². The van der Waals surface area contributed by atoms with Crippen molar-refractivity contribution in [3.05, 3.63) is 69.3 Å². The van der Waals surface area contributed by atoms with E-state index >= 15 is 0 Å². The minimum atomic E-state index is -0.404. The summed E-state index contributed by atoms with van der Waals surface area (Å²) in [6.07, 6.45) is 0. The molecule has 0 spiro atoms. The molecular weight excluding hydrogens is 268 g/mol. The van der Waals surface area contributed by atoms with Crippen LogP contribution in [-0.4, -0.2) is 10.0 Å². The highest BCUT2D eigenvalue weighted by molar-refractivity contribution is 5.38. The Labute approximate surface area is 123 Å². The van der Waals surface area contributed by atoms with Crippen LogP contribution in [0.15, 0.2) is 42.5 Å². The molecule has 0 amide bonds. The Balaban J connectivity index is 2.05. The third-order valence-electron chi connectivity index (χ3n) is 3.39. The number of aryl methyl sites for hydroxylation is 1. The Hall–Kier alpha value is -2.40. The van der Waals surface area contributed by atoms with Crippen LogP contribution in [0.2, 0.25) is 0 Å². The van der Waals surface area contributed by atoms with Crippen molar-refractivity contribution in [2.24, 2.45) is 0 Å². The Morgan fingerprint density at radius 3 is 2.71 bits per heavy atom. The molecule has 2 aromatic carbocycles. The summed E-state index contributed by atoms with van der Waals surface area (Å²) in [4.78, 5) is 10.3. The number of aromatic hydroxyl groups is 1. The maximum absolute atomic E-state index is 10.7. The first-order valence-corrected chi connectivity index (χ1v) is 6.73. The summed E-state index contributed by atoms with van der Waals surface area (Å²) in [6, 6.07) is 12.0. The number of hydrogen-bond donors (Lipinski definition) is 2. The number of nitro benzene ring substituents is 1. The van der Waals surface area contributed by atoms with Crippen LogP contribution in [0.25, 0.3) is 0 Å². The van der Waals surface area contributed by atoms with Crippen molar-refractivity contribution in [2.45, 2.75) is 26.4 Å². The Kier molecular flexibility index (Phi) is 4.55. The summed E-state index contributed by atoms with van der Waals surface area (Å²) < 4.78 is 0. The van der Waals surface area contributed by atoms with Crippen LogP contribution in [-0.2, 0) is 6.54 Å². The Bertz CT molecular complexity index is 656. The molecule has 0 heterocycles. The van der Waals surface area contributed by atoms with Gasteiger partial charge in [-0.15, -0.1) is 0 Å². The molecule has 1 unspecified atom stereocenters. The van der Waals surface area contributed by atoms with Gasteiger partial charge in [0.1, 0.15) is 5.75 Å². The quantitative estimate of drug-likeness (QED) is 0.652. The molecule has 0 aliphatic heterocycles. The molecule has 21 heavy (non-hydrogen) atoms. The number of benzene rings is 2. The van der Waals surface area contributed by atoms with Crippen LogP contribution in [0.3, 0.4) is 0 Å². The van der Waals surface area contributed by atoms with E-state index in [9.17, 15) is 15.2 Å². The first-order chi connectivity index (χ1) is 9.97. The molecule has 0 bridgehead atoms. The summed E-state index contributed by atoms with van der Waals surface area (Å²) in [7, 11) is 0. The van der Waals surface area contributed by atoms with Crippen LogP contribution in [0, 0.1) is 17.0 Å². The van der Waals surface area contributed by atoms with E-state index in [1.165, 1.54) is 6.07 Å².